The number of benzene rings is 8. The van der Waals surface area contributed by atoms with E-state index >= 15 is 0 Å². The average molecular weight is 526 g/mol. The van der Waals surface area contributed by atoms with Gasteiger partial charge in [-0.3, -0.25) is 0 Å². The summed E-state index contributed by atoms with van der Waals surface area (Å²) >= 11 is 0. The normalized spacial score (nSPS) is 12.6. The minimum absolute atomic E-state index is 0.980. The lowest BCUT2D eigenvalue weighted by Crippen LogP contribution is -2.32. The quantitative estimate of drug-likeness (QED) is 0.155. The molecule has 0 spiro atoms. The fraction of sp³-hybridized carbons (Fsp3) is 0.0256. The Morgan fingerprint density at radius 3 is 1.20 bits per heavy atom. The lowest BCUT2D eigenvalue weighted by Gasteiger charge is -2.28. The highest BCUT2D eigenvalue weighted by molar-refractivity contribution is 7.95. The van der Waals surface area contributed by atoms with Gasteiger partial charge in [-0.2, -0.15) is 0 Å². The molecule has 9 aromatic carbocycles. The van der Waals surface area contributed by atoms with Crippen LogP contribution in [-0.4, -0.2) is 0 Å². The van der Waals surface area contributed by atoms with Crippen LogP contribution in [0.2, 0.25) is 0 Å². The molecular formula is C39H26P+. The molecule has 0 unspecified atom stereocenters. The Morgan fingerprint density at radius 2 is 0.725 bits per heavy atom. The summed E-state index contributed by atoms with van der Waals surface area (Å²) in [6.07, 6.45) is 0.980. The Kier molecular flexibility index (Phi) is 4.60. The SMILES string of the molecule is c1ccc([P+](Cc2cc3ccc4ccc5ccc6ccc2c2c6c5c4c32)(c2ccccc2)c2ccccc2)cc1. The molecule has 0 nitrogen and oxygen atoms in total. The van der Waals surface area contributed by atoms with E-state index in [0.717, 1.165) is 6.16 Å². The fourth-order valence-electron chi connectivity index (χ4n) is 7.40. The largest absolute Gasteiger partial charge is 0.116 e. The molecule has 40 heavy (non-hydrogen) atoms. The van der Waals surface area contributed by atoms with Crippen LogP contribution in [0.4, 0.5) is 0 Å². The zero-order valence-electron chi connectivity index (χ0n) is 22.0. The van der Waals surface area contributed by atoms with Crippen molar-refractivity contribution in [3.05, 3.63) is 151 Å². The average Bonchev–Trinajstić information content (AvgIpc) is 3.40. The first-order valence-electron chi connectivity index (χ1n) is 14.0. The van der Waals surface area contributed by atoms with Crippen LogP contribution in [0, 0.1) is 0 Å². The third-order valence-corrected chi connectivity index (χ3v) is 13.5. The number of hydrogen-bond donors (Lipinski definition) is 0. The second-order valence-corrected chi connectivity index (χ2v) is 14.6. The van der Waals surface area contributed by atoms with E-state index in [0.29, 0.717) is 0 Å². The van der Waals surface area contributed by atoms with E-state index in [1.165, 1.54) is 75.3 Å². The lowest BCUT2D eigenvalue weighted by atomic mass is 9.96. The van der Waals surface area contributed by atoms with Crippen molar-refractivity contribution < 1.29 is 0 Å². The molecule has 0 aromatic heterocycles. The van der Waals surface area contributed by atoms with Crippen molar-refractivity contribution in [3.8, 4) is 0 Å². The molecule has 0 fully saturated rings. The predicted octanol–water partition coefficient (Wildman–Crippen LogP) is 9.26. The van der Waals surface area contributed by atoms with Crippen molar-refractivity contribution in [2.75, 3.05) is 0 Å². The highest BCUT2D eigenvalue weighted by Gasteiger charge is 2.45. The van der Waals surface area contributed by atoms with Gasteiger partial charge in [-0.05, 0) is 102 Å². The Balaban J connectivity index is 1.42. The van der Waals surface area contributed by atoms with Crippen LogP contribution in [0.1, 0.15) is 5.56 Å². The summed E-state index contributed by atoms with van der Waals surface area (Å²) in [6, 6.07) is 54.9. The molecule has 0 amide bonds. The van der Waals surface area contributed by atoms with Gasteiger partial charge in [0, 0.05) is 0 Å². The first-order chi connectivity index (χ1) is 19.8. The zero-order valence-corrected chi connectivity index (χ0v) is 22.9. The first kappa shape index (κ1) is 22.3. The van der Waals surface area contributed by atoms with Crippen LogP contribution >= 0.6 is 7.26 Å². The van der Waals surface area contributed by atoms with Crippen LogP contribution in [-0.2, 0) is 6.16 Å². The number of rotatable bonds is 5. The Labute approximate surface area is 233 Å². The molecule has 0 radical (unpaired) electrons. The summed E-state index contributed by atoms with van der Waals surface area (Å²) in [5.41, 5.74) is 1.44. The monoisotopic (exact) mass is 525 g/mol. The van der Waals surface area contributed by atoms with Gasteiger partial charge in [-0.25, -0.2) is 0 Å². The van der Waals surface area contributed by atoms with Crippen LogP contribution < -0.4 is 15.9 Å². The Morgan fingerprint density at radius 1 is 0.350 bits per heavy atom. The van der Waals surface area contributed by atoms with Gasteiger partial charge in [0.05, 0.1) is 6.16 Å². The van der Waals surface area contributed by atoms with Gasteiger partial charge in [0.15, 0.2) is 0 Å². The van der Waals surface area contributed by atoms with E-state index in [-0.39, 0.29) is 0 Å². The molecular weight excluding hydrogens is 499 g/mol. The molecule has 0 atom stereocenters. The molecule has 0 saturated heterocycles. The maximum absolute atomic E-state index is 2.51. The number of hydrogen-bond acceptors (Lipinski definition) is 0. The van der Waals surface area contributed by atoms with E-state index in [1.54, 1.807) is 0 Å². The summed E-state index contributed by atoms with van der Waals surface area (Å²) in [5.74, 6) is 0. The summed E-state index contributed by atoms with van der Waals surface area (Å²) in [6.45, 7) is 0. The van der Waals surface area contributed by atoms with E-state index in [1.807, 2.05) is 0 Å². The Hall–Kier alpha value is -4.51. The second-order valence-electron chi connectivity index (χ2n) is 11.1. The molecule has 9 aromatic rings. The third-order valence-electron chi connectivity index (χ3n) is 9.11. The van der Waals surface area contributed by atoms with Crippen molar-refractivity contribution >= 4 is 77.0 Å². The van der Waals surface area contributed by atoms with Gasteiger partial charge in [0.2, 0.25) is 0 Å². The summed E-state index contributed by atoms with van der Waals surface area (Å²) in [7, 11) is -2.02. The molecule has 9 rings (SSSR count). The maximum Gasteiger partial charge on any atom is 0.116 e. The predicted molar refractivity (Wildman–Crippen MR) is 176 cm³/mol. The van der Waals surface area contributed by atoms with E-state index in [4.69, 9.17) is 0 Å². The van der Waals surface area contributed by atoms with Crippen molar-refractivity contribution in [1.29, 1.82) is 0 Å². The molecule has 0 saturated carbocycles. The van der Waals surface area contributed by atoms with Crippen molar-refractivity contribution in [2.24, 2.45) is 0 Å². The highest BCUT2D eigenvalue weighted by atomic mass is 31.2. The van der Waals surface area contributed by atoms with Crippen LogP contribution in [0.5, 0.6) is 0 Å². The fourth-order valence-corrected chi connectivity index (χ4v) is 11.7. The van der Waals surface area contributed by atoms with Crippen molar-refractivity contribution in [2.45, 2.75) is 6.16 Å². The zero-order chi connectivity index (χ0) is 26.3. The smallest absolute Gasteiger partial charge is 0.0620 e. The minimum atomic E-state index is -2.02. The Bertz CT molecular complexity index is 2130. The van der Waals surface area contributed by atoms with Gasteiger partial charge in [0.25, 0.3) is 0 Å². The third kappa shape index (κ3) is 2.90. The lowest BCUT2D eigenvalue weighted by molar-refractivity contribution is 1.45. The van der Waals surface area contributed by atoms with Crippen molar-refractivity contribution in [1.82, 2.24) is 0 Å². The molecule has 1 heteroatoms. The first-order valence-corrected chi connectivity index (χ1v) is 16.0. The minimum Gasteiger partial charge on any atom is -0.0620 e. The molecule has 0 heterocycles. The molecule has 0 aliphatic carbocycles. The molecule has 0 N–H and O–H groups in total. The highest BCUT2D eigenvalue weighted by Crippen LogP contribution is 2.60. The van der Waals surface area contributed by atoms with Crippen LogP contribution in [0.25, 0.3) is 53.9 Å². The van der Waals surface area contributed by atoms with Gasteiger partial charge < -0.3 is 0 Å². The second kappa shape index (κ2) is 8.25. The maximum atomic E-state index is 2.51. The van der Waals surface area contributed by atoms with Crippen LogP contribution in [0.3, 0.4) is 0 Å². The van der Waals surface area contributed by atoms with Gasteiger partial charge in [0.1, 0.15) is 23.2 Å². The van der Waals surface area contributed by atoms with Gasteiger partial charge >= 0.3 is 0 Å². The molecule has 0 bridgehead atoms. The molecule has 0 aliphatic rings. The van der Waals surface area contributed by atoms with Crippen LogP contribution in [0.15, 0.2) is 146 Å². The molecule has 0 aliphatic heterocycles. The van der Waals surface area contributed by atoms with E-state index < -0.39 is 7.26 Å². The van der Waals surface area contributed by atoms with E-state index in [9.17, 15) is 0 Å². The molecule has 186 valence electrons. The summed E-state index contributed by atoms with van der Waals surface area (Å²) in [5, 5.41) is 18.3. The van der Waals surface area contributed by atoms with Crippen molar-refractivity contribution in [3.63, 3.8) is 0 Å². The standard InChI is InChI=1S/C39H26P/c1-4-10-31(11-5-1)40(32-12-6-2-7-13-32,33-14-8-3-9-15-33)25-30-24-29-21-20-27-17-16-26-18-19-28-22-23-34(30)39-37(28)35(26)36(27)38(29)39/h1-24H,25H2/q+1. The topological polar surface area (TPSA) is 0 Å². The summed E-state index contributed by atoms with van der Waals surface area (Å²) in [4.78, 5) is 0. The van der Waals surface area contributed by atoms with E-state index in [2.05, 4.69) is 146 Å². The van der Waals surface area contributed by atoms with Gasteiger partial charge in [-0.1, -0.05) is 103 Å². The van der Waals surface area contributed by atoms with Gasteiger partial charge in [-0.15, -0.1) is 0 Å². The summed E-state index contributed by atoms with van der Waals surface area (Å²) < 4.78 is 0.